The van der Waals surface area contributed by atoms with E-state index in [0.717, 1.165) is 15.4 Å². The number of anilines is 1. The molecule has 6 nitrogen and oxygen atoms in total. The minimum absolute atomic E-state index is 0.164. The summed E-state index contributed by atoms with van der Waals surface area (Å²) in [6, 6.07) is 9.15. The zero-order chi connectivity index (χ0) is 17.6. The molecule has 0 radical (unpaired) electrons. The second kappa shape index (κ2) is 5.78. The molecule has 0 unspecified atom stereocenters. The van der Waals surface area contributed by atoms with Crippen molar-refractivity contribution in [3.05, 3.63) is 69.2 Å². The van der Waals surface area contributed by atoms with Crippen molar-refractivity contribution in [2.24, 2.45) is 0 Å². The predicted octanol–water partition coefficient (Wildman–Crippen LogP) is 3.58. The van der Waals surface area contributed by atoms with Crippen LogP contribution in [0.5, 0.6) is 0 Å². The molecule has 0 fully saturated rings. The quantitative estimate of drug-likeness (QED) is 0.527. The van der Waals surface area contributed by atoms with Crippen LogP contribution in [0.3, 0.4) is 0 Å². The van der Waals surface area contributed by atoms with Gasteiger partial charge in [-0.05, 0) is 49.7 Å². The summed E-state index contributed by atoms with van der Waals surface area (Å²) in [5.74, 6) is -0.164. The number of nitrogens with zero attached hydrogens (tertiary/aromatic N) is 1. The Kier molecular flexibility index (Phi) is 3.58. The number of rotatable bonds is 3. The maximum atomic E-state index is 12.9. The molecule has 3 heterocycles. The van der Waals surface area contributed by atoms with Crippen LogP contribution < -0.4 is 11.0 Å². The number of benzene rings is 1. The van der Waals surface area contributed by atoms with Crippen LogP contribution in [0.1, 0.15) is 20.8 Å². The van der Waals surface area contributed by atoms with Gasteiger partial charge < -0.3 is 19.9 Å². The van der Waals surface area contributed by atoms with Crippen LogP contribution in [0.2, 0.25) is 0 Å². The second-order valence-electron chi connectivity index (χ2n) is 5.85. The van der Waals surface area contributed by atoms with Crippen molar-refractivity contribution < 1.29 is 4.79 Å². The van der Waals surface area contributed by atoms with E-state index >= 15 is 0 Å². The Morgan fingerprint density at radius 3 is 2.60 bits per heavy atom. The first-order chi connectivity index (χ1) is 12.0. The molecule has 0 aliphatic heterocycles. The zero-order valence-corrected chi connectivity index (χ0v) is 14.5. The lowest BCUT2D eigenvalue weighted by Gasteiger charge is -2.08. The summed E-state index contributed by atoms with van der Waals surface area (Å²) in [5.41, 5.74) is 3.38. The SMILES string of the molecule is Cc1sc(-n2cccc2)c(C(=O)Nc2ccc3[nH]c(=O)[nH]c3c2)c1C. The zero-order valence-electron chi connectivity index (χ0n) is 13.7. The van der Waals surface area contributed by atoms with Crippen LogP contribution >= 0.6 is 11.3 Å². The molecule has 0 aliphatic carbocycles. The Morgan fingerprint density at radius 2 is 1.84 bits per heavy atom. The summed E-state index contributed by atoms with van der Waals surface area (Å²) < 4.78 is 1.95. The molecule has 3 aromatic heterocycles. The molecule has 1 aromatic carbocycles. The number of aryl methyl sites for hydroxylation is 1. The summed E-state index contributed by atoms with van der Waals surface area (Å²) in [6.45, 7) is 3.97. The third-order valence-electron chi connectivity index (χ3n) is 4.21. The number of thiophene rings is 1. The van der Waals surface area contributed by atoms with Gasteiger partial charge in [0.15, 0.2) is 0 Å². The van der Waals surface area contributed by atoms with Crippen LogP contribution in [0.4, 0.5) is 5.69 Å². The lowest BCUT2D eigenvalue weighted by molar-refractivity contribution is 0.102. The average Bonchev–Trinajstić information content (AvgIpc) is 3.26. The van der Waals surface area contributed by atoms with Crippen molar-refractivity contribution in [1.29, 1.82) is 0 Å². The highest BCUT2D eigenvalue weighted by Gasteiger charge is 2.20. The molecule has 0 saturated heterocycles. The van der Waals surface area contributed by atoms with Gasteiger partial charge in [-0.3, -0.25) is 4.79 Å². The van der Waals surface area contributed by atoms with Gasteiger partial charge in [-0.2, -0.15) is 0 Å². The van der Waals surface area contributed by atoms with Gasteiger partial charge >= 0.3 is 5.69 Å². The molecule has 0 saturated carbocycles. The molecule has 25 heavy (non-hydrogen) atoms. The molecule has 1 amide bonds. The van der Waals surface area contributed by atoms with Gasteiger partial charge in [-0.15, -0.1) is 11.3 Å². The van der Waals surface area contributed by atoms with Gasteiger partial charge in [-0.1, -0.05) is 0 Å². The molecule has 0 aliphatic rings. The van der Waals surface area contributed by atoms with Gasteiger partial charge in [0.25, 0.3) is 5.91 Å². The molecule has 7 heteroatoms. The Bertz CT molecular complexity index is 1130. The molecule has 0 spiro atoms. The van der Waals surface area contributed by atoms with E-state index in [1.807, 2.05) is 42.9 Å². The fourth-order valence-electron chi connectivity index (χ4n) is 2.83. The third kappa shape index (κ3) is 2.68. The highest BCUT2D eigenvalue weighted by Crippen LogP contribution is 2.31. The molecular formula is C18H16N4O2S. The minimum Gasteiger partial charge on any atom is -0.322 e. The average molecular weight is 352 g/mol. The van der Waals surface area contributed by atoms with E-state index in [0.29, 0.717) is 22.3 Å². The minimum atomic E-state index is -0.266. The highest BCUT2D eigenvalue weighted by atomic mass is 32.1. The van der Waals surface area contributed by atoms with E-state index in [9.17, 15) is 9.59 Å². The van der Waals surface area contributed by atoms with Gasteiger partial charge in [0.1, 0.15) is 5.00 Å². The fourth-order valence-corrected chi connectivity index (χ4v) is 3.95. The predicted molar refractivity (Wildman–Crippen MR) is 100.0 cm³/mol. The summed E-state index contributed by atoms with van der Waals surface area (Å²) in [5, 5.41) is 3.83. The molecule has 126 valence electrons. The molecule has 0 bridgehead atoms. The van der Waals surface area contributed by atoms with E-state index in [1.165, 1.54) is 0 Å². The van der Waals surface area contributed by atoms with E-state index in [2.05, 4.69) is 15.3 Å². The normalized spacial score (nSPS) is 11.1. The van der Waals surface area contributed by atoms with Crippen molar-refractivity contribution in [2.75, 3.05) is 5.32 Å². The van der Waals surface area contributed by atoms with Crippen molar-refractivity contribution >= 4 is 34.0 Å². The number of carbonyl (C=O) groups excluding carboxylic acids is 1. The second-order valence-corrected chi connectivity index (χ2v) is 7.05. The monoisotopic (exact) mass is 352 g/mol. The number of H-pyrrole nitrogens is 2. The lowest BCUT2D eigenvalue weighted by Crippen LogP contribution is -2.14. The topological polar surface area (TPSA) is 82.7 Å². The number of hydrogen-bond acceptors (Lipinski definition) is 3. The largest absolute Gasteiger partial charge is 0.323 e. The van der Waals surface area contributed by atoms with Gasteiger partial charge in [0, 0.05) is 23.0 Å². The lowest BCUT2D eigenvalue weighted by atomic mass is 10.1. The Hall–Kier alpha value is -3.06. The Labute approximate surface area is 147 Å². The number of imidazole rings is 1. The van der Waals surface area contributed by atoms with E-state index in [4.69, 9.17) is 0 Å². The van der Waals surface area contributed by atoms with Crippen LogP contribution in [0.25, 0.3) is 16.0 Å². The van der Waals surface area contributed by atoms with E-state index in [1.54, 1.807) is 29.5 Å². The number of carbonyl (C=O) groups is 1. The van der Waals surface area contributed by atoms with Crippen LogP contribution in [-0.2, 0) is 0 Å². The first-order valence-corrected chi connectivity index (χ1v) is 8.61. The Morgan fingerprint density at radius 1 is 1.12 bits per heavy atom. The van der Waals surface area contributed by atoms with Crippen LogP contribution in [-0.4, -0.2) is 20.4 Å². The number of nitrogens with one attached hydrogen (secondary N) is 3. The number of aromatic nitrogens is 3. The number of hydrogen-bond donors (Lipinski definition) is 3. The number of amides is 1. The van der Waals surface area contributed by atoms with Gasteiger partial charge in [0.2, 0.25) is 0 Å². The summed E-state index contributed by atoms with van der Waals surface area (Å²) >= 11 is 1.59. The Balaban J connectivity index is 1.72. The van der Waals surface area contributed by atoms with Gasteiger partial charge in [0.05, 0.1) is 16.6 Å². The summed E-state index contributed by atoms with van der Waals surface area (Å²) in [7, 11) is 0. The molecule has 3 N–H and O–H groups in total. The van der Waals surface area contributed by atoms with Crippen molar-refractivity contribution in [3.63, 3.8) is 0 Å². The van der Waals surface area contributed by atoms with Gasteiger partial charge in [-0.25, -0.2) is 4.79 Å². The van der Waals surface area contributed by atoms with Crippen molar-refractivity contribution in [2.45, 2.75) is 13.8 Å². The first kappa shape index (κ1) is 15.5. The number of aromatic amines is 2. The summed E-state index contributed by atoms with van der Waals surface area (Å²) in [6.07, 6.45) is 3.86. The fraction of sp³-hybridized carbons (Fsp3) is 0.111. The maximum absolute atomic E-state index is 12.9. The van der Waals surface area contributed by atoms with Crippen molar-refractivity contribution in [3.8, 4) is 5.00 Å². The standard InChI is InChI=1S/C18H16N4O2S/c1-10-11(2)25-17(22-7-3-4-8-22)15(10)16(23)19-12-5-6-13-14(9-12)21-18(24)20-13/h3-9H,1-2H3,(H,19,23)(H2,20,21,24). The molecule has 0 atom stereocenters. The third-order valence-corrected chi connectivity index (χ3v) is 5.43. The molecule has 4 rings (SSSR count). The summed E-state index contributed by atoms with van der Waals surface area (Å²) in [4.78, 5) is 30.8. The molecular weight excluding hydrogens is 336 g/mol. The number of fused-ring (bicyclic) bond motifs is 1. The van der Waals surface area contributed by atoms with Crippen molar-refractivity contribution in [1.82, 2.24) is 14.5 Å². The maximum Gasteiger partial charge on any atom is 0.323 e. The van der Waals surface area contributed by atoms with E-state index in [-0.39, 0.29) is 11.6 Å². The van der Waals surface area contributed by atoms with E-state index < -0.39 is 0 Å². The highest BCUT2D eigenvalue weighted by molar-refractivity contribution is 7.15. The van der Waals surface area contributed by atoms with Crippen LogP contribution in [0, 0.1) is 13.8 Å². The van der Waals surface area contributed by atoms with Crippen LogP contribution in [0.15, 0.2) is 47.5 Å². The molecule has 4 aromatic rings. The first-order valence-electron chi connectivity index (χ1n) is 7.79. The smallest absolute Gasteiger partial charge is 0.322 e.